The molecule has 0 saturated heterocycles. The lowest BCUT2D eigenvalue weighted by atomic mass is 10.2. The molecule has 0 fully saturated rings. The fraction of sp³-hybridized carbons (Fsp3) is 0.0435. The molecule has 4 rings (SSSR count). The molecule has 1 aliphatic rings. The molecule has 1 heterocycles. The number of carbonyl (C=O) groups excluding carboxylic acids is 2. The lowest BCUT2D eigenvalue weighted by Crippen LogP contribution is -2.31. The van der Waals surface area contributed by atoms with E-state index in [-0.39, 0.29) is 17.9 Å². The van der Waals surface area contributed by atoms with Gasteiger partial charge in [0.25, 0.3) is 11.8 Å². The number of rotatable bonds is 6. The first kappa shape index (κ1) is 20.1. The highest BCUT2D eigenvalue weighted by molar-refractivity contribution is 6.17. The number of imide groups is 1. The molecule has 0 atom stereocenters. The number of aromatic hydroxyl groups is 1. The van der Waals surface area contributed by atoms with Crippen LogP contribution in [0.15, 0.2) is 78.5 Å². The summed E-state index contributed by atoms with van der Waals surface area (Å²) in [6, 6.07) is 17.8. The van der Waals surface area contributed by atoms with Crippen molar-refractivity contribution in [2.75, 3.05) is 5.32 Å². The number of nitrogens with one attached hydrogen (secondary N) is 1. The Hall–Kier alpha value is -4.20. The van der Waals surface area contributed by atoms with Crippen LogP contribution in [0.2, 0.25) is 0 Å². The Morgan fingerprint density at radius 1 is 0.903 bits per heavy atom. The number of halogens is 2. The van der Waals surface area contributed by atoms with Gasteiger partial charge in [-0.2, -0.15) is 0 Å². The van der Waals surface area contributed by atoms with Crippen LogP contribution in [-0.4, -0.2) is 21.8 Å². The zero-order valence-electron chi connectivity index (χ0n) is 16.0. The van der Waals surface area contributed by atoms with Gasteiger partial charge in [-0.05, 0) is 29.8 Å². The second kappa shape index (κ2) is 8.27. The van der Waals surface area contributed by atoms with Crippen molar-refractivity contribution in [3.8, 4) is 17.2 Å². The molecule has 3 aromatic carbocycles. The number of anilines is 1. The maximum Gasteiger partial charge on any atom is 0.277 e. The molecule has 2 amide bonds. The number of hydrogen-bond donors (Lipinski definition) is 2. The highest BCUT2D eigenvalue weighted by Gasteiger charge is 2.31. The largest absolute Gasteiger partial charge is 0.503 e. The van der Waals surface area contributed by atoms with E-state index >= 15 is 0 Å². The minimum Gasteiger partial charge on any atom is -0.503 e. The molecule has 31 heavy (non-hydrogen) atoms. The number of benzene rings is 3. The summed E-state index contributed by atoms with van der Waals surface area (Å²) < 4.78 is 32.7. The zero-order chi connectivity index (χ0) is 22.0. The first-order chi connectivity index (χ1) is 14.9. The van der Waals surface area contributed by atoms with Crippen molar-refractivity contribution in [2.24, 2.45) is 0 Å². The highest BCUT2D eigenvalue weighted by Crippen LogP contribution is 2.27. The van der Waals surface area contributed by atoms with Gasteiger partial charge in [-0.3, -0.25) is 14.5 Å². The fourth-order valence-electron chi connectivity index (χ4n) is 3.01. The van der Waals surface area contributed by atoms with Crippen molar-refractivity contribution in [3.63, 3.8) is 0 Å². The SMILES string of the molecule is O=C1C=C(Nc2cc(F)c(O)c(F)c2)C(=O)N1Cc1ccc(Oc2ccccc2)cc1. The number of amides is 2. The maximum absolute atomic E-state index is 13.5. The number of phenolic OH excluding ortho intramolecular Hbond substituents is 1. The number of ether oxygens (including phenoxy) is 1. The monoisotopic (exact) mass is 422 g/mol. The van der Waals surface area contributed by atoms with Crippen molar-refractivity contribution in [2.45, 2.75) is 6.54 Å². The minimum absolute atomic E-state index is 0.0171. The van der Waals surface area contributed by atoms with Crippen LogP contribution in [0.25, 0.3) is 0 Å². The fourth-order valence-corrected chi connectivity index (χ4v) is 3.01. The number of carbonyl (C=O) groups is 2. The van der Waals surface area contributed by atoms with Gasteiger partial charge in [0, 0.05) is 23.9 Å². The van der Waals surface area contributed by atoms with E-state index in [4.69, 9.17) is 9.84 Å². The summed E-state index contributed by atoms with van der Waals surface area (Å²) in [5.74, 6) is -3.40. The Morgan fingerprint density at radius 3 is 2.16 bits per heavy atom. The van der Waals surface area contributed by atoms with Gasteiger partial charge < -0.3 is 15.2 Å². The molecule has 3 aromatic rings. The Balaban J connectivity index is 1.42. The second-order valence-electron chi connectivity index (χ2n) is 6.76. The number of para-hydroxylation sites is 1. The lowest BCUT2D eigenvalue weighted by Gasteiger charge is -2.16. The molecular weight excluding hydrogens is 406 g/mol. The second-order valence-corrected chi connectivity index (χ2v) is 6.76. The van der Waals surface area contributed by atoms with Crippen molar-refractivity contribution in [3.05, 3.63) is 95.7 Å². The normalized spacial score (nSPS) is 13.4. The van der Waals surface area contributed by atoms with E-state index in [9.17, 15) is 18.4 Å². The minimum atomic E-state index is -1.19. The maximum atomic E-state index is 13.5. The Morgan fingerprint density at radius 2 is 1.52 bits per heavy atom. The summed E-state index contributed by atoms with van der Waals surface area (Å²) in [5, 5.41) is 11.7. The Kier molecular flexibility index (Phi) is 5.36. The van der Waals surface area contributed by atoms with Crippen LogP contribution in [0.3, 0.4) is 0 Å². The van der Waals surface area contributed by atoms with Crippen LogP contribution in [0, 0.1) is 11.6 Å². The topological polar surface area (TPSA) is 78.9 Å². The highest BCUT2D eigenvalue weighted by atomic mass is 19.1. The van der Waals surface area contributed by atoms with Gasteiger partial charge in [0.1, 0.15) is 17.2 Å². The van der Waals surface area contributed by atoms with E-state index in [0.29, 0.717) is 17.1 Å². The van der Waals surface area contributed by atoms with E-state index in [1.807, 2.05) is 30.3 Å². The molecule has 6 nitrogen and oxygen atoms in total. The van der Waals surface area contributed by atoms with Gasteiger partial charge >= 0.3 is 0 Å². The van der Waals surface area contributed by atoms with Gasteiger partial charge in [0.2, 0.25) is 0 Å². The smallest absolute Gasteiger partial charge is 0.277 e. The summed E-state index contributed by atoms with van der Waals surface area (Å²) in [5.41, 5.74) is 0.460. The van der Waals surface area contributed by atoms with Crippen LogP contribution in [-0.2, 0) is 16.1 Å². The standard InChI is InChI=1S/C23H16F2N2O4/c24-18-10-15(11-19(25)22(18)29)26-20-12-21(28)27(23(20)30)13-14-6-8-17(9-7-14)31-16-4-2-1-3-5-16/h1-12,26,29H,13H2. The predicted octanol–water partition coefficient (Wildman–Crippen LogP) is 4.33. The molecule has 0 saturated carbocycles. The van der Waals surface area contributed by atoms with Crippen LogP contribution in [0.1, 0.15) is 5.56 Å². The van der Waals surface area contributed by atoms with Gasteiger partial charge in [0.15, 0.2) is 17.4 Å². The van der Waals surface area contributed by atoms with Crippen molar-refractivity contribution >= 4 is 17.5 Å². The van der Waals surface area contributed by atoms with Gasteiger partial charge in [0.05, 0.1) is 6.54 Å². The first-order valence-electron chi connectivity index (χ1n) is 9.25. The Bertz CT molecular complexity index is 1150. The van der Waals surface area contributed by atoms with Crippen LogP contribution >= 0.6 is 0 Å². The quantitative estimate of drug-likeness (QED) is 0.457. The molecule has 156 valence electrons. The number of hydrogen-bond acceptors (Lipinski definition) is 5. The van der Waals surface area contributed by atoms with Crippen molar-refractivity contribution in [1.29, 1.82) is 0 Å². The molecule has 0 aromatic heterocycles. The van der Waals surface area contributed by atoms with E-state index in [1.54, 1.807) is 24.3 Å². The molecular formula is C23H16F2N2O4. The molecule has 0 spiro atoms. The van der Waals surface area contributed by atoms with E-state index < -0.39 is 29.2 Å². The third kappa shape index (κ3) is 4.37. The molecule has 0 aliphatic carbocycles. The number of nitrogens with zero attached hydrogens (tertiary/aromatic N) is 1. The molecule has 0 bridgehead atoms. The third-order valence-electron chi connectivity index (χ3n) is 4.55. The lowest BCUT2D eigenvalue weighted by molar-refractivity contribution is -0.137. The van der Waals surface area contributed by atoms with Gasteiger partial charge in [-0.1, -0.05) is 30.3 Å². The summed E-state index contributed by atoms with van der Waals surface area (Å²) in [7, 11) is 0. The van der Waals surface area contributed by atoms with Crippen LogP contribution in [0.5, 0.6) is 17.2 Å². The van der Waals surface area contributed by atoms with Crippen molar-refractivity contribution < 1.29 is 28.2 Å². The summed E-state index contributed by atoms with van der Waals surface area (Å²) in [6.07, 6.45) is 1.05. The average molecular weight is 422 g/mol. The Labute approximate surface area is 176 Å². The molecule has 2 N–H and O–H groups in total. The van der Waals surface area contributed by atoms with Crippen LogP contribution < -0.4 is 10.1 Å². The van der Waals surface area contributed by atoms with Gasteiger partial charge in [-0.25, -0.2) is 8.78 Å². The van der Waals surface area contributed by atoms with Crippen molar-refractivity contribution in [1.82, 2.24) is 4.90 Å². The summed E-state index contributed by atoms with van der Waals surface area (Å²) in [4.78, 5) is 25.8. The summed E-state index contributed by atoms with van der Waals surface area (Å²) in [6.45, 7) is 0.0171. The number of phenols is 1. The molecule has 0 unspecified atom stereocenters. The predicted molar refractivity (Wildman–Crippen MR) is 108 cm³/mol. The summed E-state index contributed by atoms with van der Waals surface area (Å²) >= 11 is 0. The molecule has 8 heteroatoms. The third-order valence-corrected chi connectivity index (χ3v) is 4.55. The van der Waals surface area contributed by atoms with E-state index in [1.165, 1.54) is 0 Å². The average Bonchev–Trinajstić information content (AvgIpc) is 3.01. The van der Waals surface area contributed by atoms with Crippen LogP contribution in [0.4, 0.5) is 14.5 Å². The van der Waals surface area contributed by atoms with E-state index in [2.05, 4.69) is 5.32 Å². The van der Waals surface area contributed by atoms with E-state index in [0.717, 1.165) is 23.1 Å². The molecule has 1 aliphatic heterocycles. The first-order valence-corrected chi connectivity index (χ1v) is 9.25. The molecule has 0 radical (unpaired) electrons. The zero-order valence-corrected chi connectivity index (χ0v) is 16.0. The van der Waals surface area contributed by atoms with Gasteiger partial charge in [-0.15, -0.1) is 0 Å².